The second-order valence-corrected chi connectivity index (χ2v) is 4.81. The molecule has 1 atom stereocenters. The van der Waals surface area contributed by atoms with Crippen molar-refractivity contribution >= 4 is 5.97 Å². The van der Waals surface area contributed by atoms with Crippen molar-refractivity contribution in [2.75, 3.05) is 13.1 Å². The van der Waals surface area contributed by atoms with Crippen LogP contribution in [0.5, 0.6) is 0 Å². The minimum Gasteiger partial charge on any atom is -0.481 e. The summed E-state index contributed by atoms with van der Waals surface area (Å²) in [6.07, 6.45) is -0.636. The minimum absolute atomic E-state index is 0.128. The molecular weight excluding hydrogens is 235 g/mol. The Bertz CT molecular complexity index is 274. The fourth-order valence-corrected chi connectivity index (χ4v) is 2.05. The summed E-state index contributed by atoms with van der Waals surface area (Å²) in [6, 6.07) is 0. The summed E-state index contributed by atoms with van der Waals surface area (Å²) in [5.41, 5.74) is 0.128. The summed E-state index contributed by atoms with van der Waals surface area (Å²) >= 11 is 0. The average Bonchev–Trinajstić information content (AvgIpc) is 2.91. The standard InChI is InChI=1S/C11H18F3NO2/c1-2-3-10(4-5-10)7-15-6-8(9(16)17)11(12,13)14/h8,15H,2-7H2,1H3,(H,16,17). The van der Waals surface area contributed by atoms with E-state index in [4.69, 9.17) is 5.11 Å². The first-order chi connectivity index (χ1) is 7.81. The zero-order valence-electron chi connectivity index (χ0n) is 9.81. The summed E-state index contributed by atoms with van der Waals surface area (Å²) in [5.74, 6) is -4.12. The van der Waals surface area contributed by atoms with E-state index in [9.17, 15) is 18.0 Å². The molecule has 0 amide bonds. The van der Waals surface area contributed by atoms with E-state index in [1.54, 1.807) is 0 Å². The maximum atomic E-state index is 12.3. The van der Waals surface area contributed by atoms with Crippen molar-refractivity contribution in [3.63, 3.8) is 0 Å². The van der Waals surface area contributed by atoms with E-state index >= 15 is 0 Å². The lowest BCUT2D eigenvalue weighted by Crippen LogP contribution is -2.40. The zero-order chi connectivity index (χ0) is 13.1. The number of carboxylic acids is 1. The Morgan fingerprint density at radius 1 is 1.47 bits per heavy atom. The summed E-state index contributed by atoms with van der Waals surface area (Å²) in [5, 5.41) is 11.2. The Labute approximate surface area is 98.4 Å². The third-order valence-corrected chi connectivity index (χ3v) is 3.28. The van der Waals surface area contributed by atoms with Crippen LogP contribution in [0.15, 0.2) is 0 Å². The highest BCUT2D eigenvalue weighted by molar-refractivity contribution is 5.71. The molecule has 0 spiro atoms. The van der Waals surface area contributed by atoms with Crippen LogP contribution in [0.2, 0.25) is 0 Å². The molecule has 0 aliphatic heterocycles. The van der Waals surface area contributed by atoms with E-state index in [0.717, 1.165) is 25.7 Å². The van der Waals surface area contributed by atoms with E-state index in [2.05, 4.69) is 5.32 Å². The summed E-state index contributed by atoms with van der Waals surface area (Å²) in [7, 11) is 0. The summed E-state index contributed by atoms with van der Waals surface area (Å²) < 4.78 is 37.0. The molecule has 1 rings (SSSR count). The maximum Gasteiger partial charge on any atom is 0.403 e. The molecule has 0 aromatic carbocycles. The molecule has 1 aliphatic rings. The molecule has 1 unspecified atom stereocenters. The first kappa shape index (κ1) is 14.3. The zero-order valence-corrected chi connectivity index (χ0v) is 9.81. The van der Waals surface area contributed by atoms with Gasteiger partial charge in [0.05, 0.1) is 0 Å². The topological polar surface area (TPSA) is 49.3 Å². The van der Waals surface area contributed by atoms with Gasteiger partial charge >= 0.3 is 12.1 Å². The Morgan fingerprint density at radius 2 is 2.06 bits per heavy atom. The van der Waals surface area contributed by atoms with Crippen LogP contribution in [0.3, 0.4) is 0 Å². The SMILES string of the molecule is CCCC1(CNCC(C(=O)O)C(F)(F)F)CC1. The fraction of sp³-hybridized carbons (Fsp3) is 0.909. The molecule has 1 fully saturated rings. The van der Waals surface area contributed by atoms with E-state index < -0.39 is 24.6 Å². The van der Waals surface area contributed by atoms with Crippen molar-refractivity contribution in [2.45, 2.75) is 38.8 Å². The Balaban J connectivity index is 2.36. The second kappa shape index (κ2) is 5.25. The van der Waals surface area contributed by atoms with Gasteiger partial charge < -0.3 is 10.4 Å². The summed E-state index contributed by atoms with van der Waals surface area (Å²) in [4.78, 5) is 10.5. The van der Waals surface area contributed by atoms with Crippen LogP contribution >= 0.6 is 0 Å². The molecule has 3 nitrogen and oxygen atoms in total. The monoisotopic (exact) mass is 253 g/mol. The van der Waals surface area contributed by atoms with Gasteiger partial charge in [0.1, 0.15) is 0 Å². The molecule has 0 bridgehead atoms. The van der Waals surface area contributed by atoms with Gasteiger partial charge in [-0.1, -0.05) is 13.3 Å². The van der Waals surface area contributed by atoms with Gasteiger partial charge in [-0.3, -0.25) is 4.79 Å². The first-order valence-corrected chi connectivity index (χ1v) is 5.81. The highest BCUT2D eigenvalue weighted by Crippen LogP contribution is 2.48. The molecule has 17 heavy (non-hydrogen) atoms. The van der Waals surface area contributed by atoms with Crippen LogP contribution in [0, 0.1) is 11.3 Å². The van der Waals surface area contributed by atoms with Crippen LogP contribution < -0.4 is 5.32 Å². The average molecular weight is 253 g/mol. The van der Waals surface area contributed by atoms with E-state index in [1.165, 1.54) is 0 Å². The fourth-order valence-electron chi connectivity index (χ4n) is 2.05. The van der Waals surface area contributed by atoms with E-state index in [1.807, 2.05) is 6.92 Å². The van der Waals surface area contributed by atoms with Gasteiger partial charge in [-0.25, -0.2) is 0 Å². The molecule has 0 aromatic rings. The van der Waals surface area contributed by atoms with Crippen molar-refractivity contribution in [2.24, 2.45) is 11.3 Å². The number of hydrogen-bond donors (Lipinski definition) is 2. The van der Waals surface area contributed by atoms with Crippen molar-refractivity contribution < 1.29 is 23.1 Å². The Kier molecular flexibility index (Phi) is 4.41. The van der Waals surface area contributed by atoms with Crippen LogP contribution in [0.1, 0.15) is 32.6 Å². The third-order valence-electron chi connectivity index (χ3n) is 3.28. The Morgan fingerprint density at radius 3 is 2.41 bits per heavy atom. The first-order valence-electron chi connectivity index (χ1n) is 5.81. The predicted molar refractivity (Wildman–Crippen MR) is 56.6 cm³/mol. The predicted octanol–water partition coefficient (Wildman–Crippen LogP) is 2.42. The number of halogens is 3. The van der Waals surface area contributed by atoms with Crippen molar-refractivity contribution in [1.29, 1.82) is 0 Å². The van der Waals surface area contributed by atoms with Crippen LogP contribution in [0.4, 0.5) is 13.2 Å². The van der Waals surface area contributed by atoms with Gasteiger partial charge in [0, 0.05) is 13.1 Å². The van der Waals surface area contributed by atoms with Crippen LogP contribution in [-0.2, 0) is 4.79 Å². The van der Waals surface area contributed by atoms with E-state index in [-0.39, 0.29) is 5.41 Å². The smallest absolute Gasteiger partial charge is 0.403 e. The molecule has 1 aliphatic carbocycles. The number of rotatable bonds is 7. The Hall–Kier alpha value is -0.780. The molecule has 0 heterocycles. The van der Waals surface area contributed by atoms with Gasteiger partial charge in [-0.05, 0) is 24.7 Å². The molecule has 2 N–H and O–H groups in total. The number of carboxylic acid groups (broad SMARTS) is 1. The molecular formula is C11H18F3NO2. The van der Waals surface area contributed by atoms with Gasteiger partial charge in [0.25, 0.3) is 0 Å². The van der Waals surface area contributed by atoms with Crippen LogP contribution in [-0.4, -0.2) is 30.3 Å². The van der Waals surface area contributed by atoms with Gasteiger partial charge in [-0.15, -0.1) is 0 Å². The number of nitrogens with one attached hydrogen (secondary N) is 1. The molecule has 0 saturated heterocycles. The lowest BCUT2D eigenvalue weighted by molar-refractivity contribution is -0.192. The van der Waals surface area contributed by atoms with Gasteiger partial charge in [-0.2, -0.15) is 13.2 Å². The number of carbonyl (C=O) groups is 1. The van der Waals surface area contributed by atoms with Gasteiger partial charge in [0.2, 0.25) is 0 Å². The highest BCUT2D eigenvalue weighted by atomic mass is 19.4. The maximum absolute atomic E-state index is 12.3. The summed E-state index contributed by atoms with van der Waals surface area (Å²) in [6.45, 7) is 1.99. The molecule has 100 valence electrons. The lowest BCUT2D eigenvalue weighted by atomic mass is 10.0. The normalized spacial score (nSPS) is 20.0. The van der Waals surface area contributed by atoms with Gasteiger partial charge in [0.15, 0.2) is 5.92 Å². The quantitative estimate of drug-likeness (QED) is 0.732. The van der Waals surface area contributed by atoms with E-state index in [0.29, 0.717) is 6.54 Å². The van der Waals surface area contributed by atoms with Crippen molar-refractivity contribution in [3.05, 3.63) is 0 Å². The number of hydrogen-bond acceptors (Lipinski definition) is 2. The number of aliphatic carboxylic acids is 1. The van der Waals surface area contributed by atoms with Crippen molar-refractivity contribution in [1.82, 2.24) is 5.32 Å². The number of alkyl halides is 3. The molecule has 1 saturated carbocycles. The second-order valence-electron chi connectivity index (χ2n) is 4.81. The largest absolute Gasteiger partial charge is 0.481 e. The molecule has 0 radical (unpaired) electrons. The highest BCUT2D eigenvalue weighted by Gasteiger charge is 2.46. The molecule has 6 heteroatoms. The third kappa shape index (κ3) is 4.18. The van der Waals surface area contributed by atoms with Crippen LogP contribution in [0.25, 0.3) is 0 Å². The lowest BCUT2D eigenvalue weighted by Gasteiger charge is -2.19. The minimum atomic E-state index is -4.68. The van der Waals surface area contributed by atoms with Crippen molar-refractivity contribution in [3.8, 4) is 0 Å². The molecule has 0 aromatic heterocycles.